The van der Waals surface area contributed by atoms with Crippen molar-refractivity contribution in [2.24, 2.45) is 0 Å². The van der Waals surface area contributed by atoms with Crippen LogP contribution in [0.15, 0.2) is 18.2 Å². The number of benzene rings is 1. The van der Waals surface area contributed by atoms with Crippen molar-refractivity contribution < 1.29 is 23.5 Å². The van der Waals surface area contributed by atoms with Gasteiger partial charge in [0.25, 0.3) is 0 Å². The summed E-state index contributed by atoms with van der Waals surface area (Å²) >= 11 is 0. The van der Waals surface area contributed by atoms with E-state index in [1.54, 1.807) is 12.1 Å². The van der Waals surface area contributed by atoms with Crippen LogP contribution in [0.5, 0.6) is 0 Å². The molecule has 2 aliphatic rings. The van der Waals surface area contributed by atoms with Crippen molar-refractivity contribution in [3.8, 4) is 6.07 Å². The quantitative estimate of drug-likeness (QED) is 0.842. The van der Waals surface area contributed by atoms with Crippen LogP contribution in [0.2, 0.25) is 0 Å². The number of carbonyl (C=O) groups is 2. The molecule has 0 bridgehead atoms. The van der Waals surface area contributed by atoms with Crippen LogP contribution in [0.4, 0.5) is 8.78 Å². The van der Waals surface area contributed by atoms with E-state index < -0.39 is 36.2 Å². The molecule has 7 heteroatoms. The van der Waals surface area contributed by atoms with Gasteiger partial charge >= 0.3 is 5.97 Å². The number of carboxylic acids is 1. The highest BCUT2D eigenvalue weighted by atomic mass is 19.3. The molecule has 26 heavy (non-hydrogen) atoms. The number of nitrogens with one attached hydrogen (secondary N) is 1. The number of alkyl halides is 2. The molecule has 0 unspecified atom stereocenters. The van der Waals surface area contributed by atoms with Crippen LogP contribution in [-0.4, -0.2) is 28.4 Å². The molecule has 0 spiro atoms. The molecule has 2 N–H and O–H groups in total. The van der Waals surface area contributed by atoms with Crippen molar-refractivity contribution in [1.82, 2.24) is 5.32 Å². The molecule has 1 aromatic carbocycles. The Labute approximate surface area is 150 Å². The number of amides is 1. The first kappa shape index (κ1) is 18.3. The monoisotopic (exact) mass is 362 g/mol. The highest BCUT2D eigenvalue weighted by Gasteiger charge is 2.48. The maximum absolute atomic E-state index is 13.4. The Kier molecular flexibility index (Phi) is 4.70. The Morgan fingerprint density at radius 2 is 1.88 bits per heavy atom. The SMILES string of the molecule is N#Cc1ccc(CC(=O)NC2(C(=O)O)CCC(F)(F)CC2)cc1C1CC1. The number of nitrogens with zero attached hydrogens (tertiary/aromatic N) is 1. The third-order valence-electron chi connectivity index (χ3n) is 5.24. The topological polar surface area (TPSA) is 90.2 Å². The minimum atomic E-state index is -2.88. The van der Waals surface area contributed by atoms with Crippen LogP contribution >= 0.6 is 0 Å². The van der Waals surface area contributed by atoms with Gasteiger partial charge in [-0.05, 0) is 48.8 Å². The van der Waals surface area contributed by atoms with Crippen LogP contribution < -0.4 is 5.32 Å². The van der Waals surface area contributed by atoms with Gasteiger partial charge in [-0.15, -0.1) is 0 Å². The number of carbonyl (C=O) groups excluding carboxylic acids is 1. The van der Waals surface area contributed by atoms with Crippen molar-refractivity contribution in [3.05, 3.63) is 34.9 Å². The molecule has 0 heterocycles. The number of hydrogen-bond acceptors (Lipinski definition) is 3. The van der Waals surface area contributed by atoms with Gasteiger partial charge in [-0.1, -0.05) is 12.1 Å². The Morgan fingerprint density at radius 1 is 1.23 bits per heavy atom. The first-order chi connectivity index (χ1) is 12.2. The minimum Gasteiger partial charge on any atom is -0.480 e. The van der Waals surface area contributed by atoms with E-state index in [1.165, 1.54) is 0 Å². The lowest BCUT2D eigenvalue weighted by atomic mass is 9.79. The smallest absolute Gasteiger partial charge is 0.329 e. The van der Waals surface area contributed by atoms with Gasteiger partial charge in [-0.2, -0.15) is 5.26 Å². The van der Waals surface area contributed by atoms with Gasteiger partial charge in [0, 0.05) is 12.8 Å². The van der Waals surface area contributed by atoms with Gasteiger partial charge < -0.3 is 10.4 Å². The second kappa shape index (κ2) is 6.67. The van der Waals surface area contributed by atoms with Crippen molar-refractivity contribution in [3.63, 3.8) is 0 Å². The minimum absolute atomic E-state index is 0.0448. The summed E-state index contributed by atoms with van der Waals surface area (Å²) < 4.78 is 26.7. The maximum atomic E-state index is 13.4. The lowest BCUT2D eigenvalue weighted by molar-refractivity contribution is -0.153. The lowest BCUT2D eigenvalue weighted by Crippen LogP contribution is -2.58. The number of rotatable bonds is 5. The summed E-state index contributed by atoms with van der Waals surface area (Å²) in [6.45, 7) is 0. The molecule has 5 nitrogen and oxygen atoms in total. The zero-order valence-corrected chi connectivity index (χ0v) is 14.2. The van der Waals surface area contributed by atoms with Gasteiger partial charge in [0.15, 0.2) is 0 Å². The van der Waals surface area contributed by atoms with E-state index in [-0.39, 0.29) is 19.3 Å². The van der Waals surface area contributed by atoms with E-state index in [2.05, 4.69) is 11.4 Å². The van der Waals surface area contributed by atoms with Crippen LogP contribution in [0.1, 0.15) is 61.1 Å². The molecular weight excluding hydrogens is 342 g/mol. The summed E-state index contributed by atoms with van der Waals surface area (Å²) in [5.74, 6) is -4.32. The summed E-state index contributed by atoms with van der Waals surface area (Å²) in [4.78, 5) is 24.0. The van der Waals surface area contributed by atoms with Crippen molar-refractivity contribution in [2.75, 3.05) is 0 Å². The molecule has 0 aliphatic heterocycles. The van der Waals surface area contributed by atoms with Gasteiger partial charge in [0.2, 0.25) is 11.8 Å². The van der Waals surface area contributed by atoms with Gasteiger partial charge in [0.05, 0.1) is 18.1 Å². The fourth-order valence-corrected chi connectivity index (χ4v) is 3.49. The fraction of sp³-hybridized carbons (Fsp3) is 0.526. The second-order valence-corrected chi connectivity index (χ2v) is 7.28. The number of hydrogen-bond donors (Lipinski definition) is 2. The van der Waals surface area contributed by atoms with Crippen molar-refractivity contribution in [1.29, 1.82) is 5.26 Å². The zero-order valence-electron chi connectivity index (χ0n) is 14.2. The maximum Gasteiger partial charge on any atom is 0.329 e. The molecule has 2 saturated carbocycles. The van der Waals surface area contributed by atoms with E-state index in [1.807, 2.05) is 6.07 Å². The molecule has 3 rings (SSSR count). The lowest BCUT2D eigenvalue weighted by Gasteiger charge is -2.37. The standard InChI is InChI=1S/C19H20F2N2O3/c20-19(21)7-5-18(6-8-19,17(25)26)23-16(24)10-12-1-2-14(11-22)15(9-12)13-3-4-13/h1-2,9,13H,3-8,10H2,(H,23,24)(H,25,26). The third-order valence-corrected chi connectivity index (χ3v) is 5.24. The average molecular weight is 362 g/mol. The van der Waals surface area contributed by atoms with E-state index in [0.717, 1.165) is 18.4 Å². The first-order valence-electron chi connectivity index (χ1n) is 8.70. The summed E-state index contributed by atoms with van der Waals surface area (Å²) in [5.41, 5.74) is 0.561. The number of aliphatic carboxylic acids is 1. The molecule has 1 amide bonds. The molecular formula is C19H20F2N2O3. The van der Waals surface area contributed by atoms with E-state index in [0.29, 0.717) is 17.0 Å². The second-order valence-electron chi connectivity index (χ2n) is 7.28. The van der Waals surface area contributed by atoms with E-state index in [4.69, 9.17) is 5.26 Å². The fourth-order valence-electron chi connectivity index (χ4n) is 3.49. The molecule has 138 valence electrons. The molecule has 0 aromatic heterocycles. The highest BCUT2D eigenvalue weighted by Crippen LogP contribution is 2.42. The Hall–Kier alpha value is -2.49. The normalized spacial score (nSPS) is 20.8. The van der Waals surface area contributed by atoms with Crippen LogP contribution in [-0.2, 0) is 16.0 Å². The van der Waals surface area contributed by atoms with Gasteiger partial charge in [-0.25, -0.2) is 13.6 Å². The zero-order chi connectivity index (χ0) is 18.9. The molecule has 1 aromatic rings. The van der Waals surface area contributed by atoms with Gasteiger partial charge in [0.1, 0.15) is 5.54 Å². The van der Waals surface area contributed by atoms with Crippen molar-refractivity contribution in [2.45, 2.75) is 62.3 Å². The highest BCUT2D eigenvalue weighted by molar-refractivity contribution is 5.88. The number of nitriles is 1. The predicted octanol–water partition coefficient (Wildman–Crippen LogP) is 3.13. The van der Waals surface area contributed by atoms with Crippen LogP contribution in [0, 0.1) is 11.3 Å². The third kappa shape index (κ3) is 3.85. The van der Waals surface area contributed by atoms with Crippen LogP contribution in [0.3, 0.4) is 0 Å². The van der Waals surface area contributed by atoms with E-state index in [9.17, 15) is 23.5 Å². The first-order valence-corrected chi connectivity index (χ1v) is 8.70. The molecule has 0 radical (unpaired) electrons. The summed E-state index contributed by atoms with van der Waals surface area (Å²) in [5, 5.41) is 21.1. The van der Waals surface area contributed by atoms with Gasteiger partial charge in [-0.3, -0.25) is 4.79 Å². The summed E-state index contributed by atoms with van der Waals surface area (Å²) in [6, 6.07) is 7.30. The Morgan fingerprint density at radius 3 is 2.42 bits per heavy atom. The largest absolute Gasteiger partial charge is 0.480 e. The van der Waals surface area contributed by atoms with Crippen molar-refractivity contribution >= 4 is 11.9 Å². The molecule has 0 saturated heterocycles. The molecule has 2 aliphatic carbocycles. The number of carboxylic acid groups (broad SMARTS) is 1. The molecule has 0 atom stereocenters. The van der Waals surface area contributed by atoms with Crippen LogP contribution in [0.25, 0.3) is 0 Å². The Balaban J connectivity index is 1.71. The Bertz CT molecular complexity index is 771. The van der Waals surface area contributed by atoms with E-state index >= 15 is 0 Å². The number of halogens is 2. The predicted molar refractivity (Wildman–Crippen MR) is 88.8 cm³/mol. The molecule has 2 fully saturated rings. The summed E-state index contributed by atoms with van der Waals surface area (Å²) in [6.07, 6.45) is 0.298. The summed E-state index contributed by atoms with van der Waals surface area (Å²) in [7, 11) is 0. The average Bonchev–Trinajstić information content (AvgIpc) is 3.41.